The van der Waals surface area contributed by atoms with E-state index in [2.05, 4.69) is 252 Å². The molecule has 2 nitrogen and oxygen atoms in total. The summed E-state index contributed by atoms with van der Waals surface area (Å²) in [6, 6.07) is 89.3. The van der Waals surface area contributed by atoms with E-state index in [4.69, 9.17) is 0 Å². The molecule has 0 atom stereocenters. The van der Waals surface area contributed by atoms with Crippen molar-refractivity contribution < 1.29 is 0 Å². The van der Waals surface area contributed by atoms with E-state index in [1.807, 2.05) is 0 Å². The molecule has 2 heteroatoms. The molecule has 0 spiro atoms. The van der Waals surface area contributed by atoms with E-state index < -0.39 is 0 Å². The largest absolute Gasteiger partial charge is 0.309 e. The number of anilines is 3. The minimum Gasteiger partial charge on any atom is -0.309 e. The van der Waals surface area contributed by atoms with Crippen molar-refractivity contribution in [2.45, 2.75) is 6.42 Å². The SMILES string of the molecule is c1ccc(-c2ccc3c(c2)c2cc(-c4ccccc4)ccc2n3-c2ccc(-c3ccc4c(c3)Cc3cc(-c5cccc6ccccc56)ccc3N4c3cccc4ccccc34)cc2)cc1. The fraction of sp³-hybridized carbons (Fsp3) is 0.0159. The quantitative estimate of drug-likeness (QED) is 0.162. The van der Waals surface area contributed by atoms with Gasteiger partial charge < -0.3 is 9.47 Å². The van der Waals surface area contributed by atoms with Crippen LogP contribution in [-0.4, -0.2) is 4.57 Å². The monoisotopic (exact) mass is 826 g/mol. The van der Waals surface area contributed by atoms with Crippen LogP contribution in [-0.2, 0) is 6.42 Å². The fourth-order valence-corrected chi connectivity index (χ4v) is 10.4. The maximum absolute atomic E-state index is 2.49. The van der Waals surface area contributed by atoms with E-state index in [0.717, 1.165) is 12.1 Å². The summed E-state index contributed by atoms with van der Waals surface area (Å²) in [5, 5.41) is 7.50. The Bertz CT molecular complexity index is 3680. The summed E-state index contributed by atoms with van der Waals surface area (Å²) in [4.78, 5) is 2.49. The van der Waals surface area contributed by atoms with Gasteiger partial charge in [0, 0.05) is 39.6 Å². The number of hydrogen-bond acceptors (Lipinski definition) is 1. The molecule has 0 saturated carbocycles. The molecule has 12 aromatic rings. The number of rotatable bonds is 6. The van der Waals surface area contributed by atoms with Crippen molar-refractivity contribution in [2.75, 3.05) is 4.90 Å². The van der Waals surface area contributed by atoms with Crippen LogP contribution in [0.2, 0.25) is 0 Å². The van der Waals surface area contributed by atoms with Crippen molar-refractivity contribution in [3.63, 3.8) is 0 Å². The molecular formula is C63H42N2. The van der Waals surface area contributed by atoms with Gasteiger partial charge in [-0.3, -0.25) is 0 Å². The van der Waals surface area contributed by atoms with Gasteiger partial charge in [-0.2, -0.15) is 0 Å². The third-order valence-electron chi connectivity index (χ3n) is 13.6. The Labute approximate surface area is 378 Å². The van der Waals surface area contributed by atoms with Crippen molar-refractivity contribution in [2.24, 2.45) is 0 Å². The van der Waals surface area contributed by atoms with Gasteiger partial charge in [-0.15, -0.1) is 0 Å². The minimum atomic E-state index is 0.841. The third-order valence-corrected chi connectivity index (χ3v) is 13.6. The Kier molecular flexibility index (Phi) is 8.63. The van der Waals surface area contributed by atoms with E-state index in [1.54, 1.807) is 0 Å². The molecule has 11 aromatic carbocycles. The smallest absolute Gasteiger partial charge is 0.0541 e. The molecule has 0 bridgehead atoms. The lowest BCUT2D eigenvalue weighted by Gasteiger charge is -2.35. The average molecular weight is 827 g/mol. The highest BCUT2D eigenvalue weighted by Crippen LogP contribution is 2.48. The number of fused-ring (bicyclic) bond motifs is 7. The van der Waals surface area contributed by atoms with Crippen molar-refractivity contribution in [3.05, 3.63) is 254 Å². The summed E-state index contributed by atoms with van der Waals surface area (Å²) in [6.07, 6.45) is 0.841. The molecule has 0 unspecified atom stereocenters. The number of nitrogens with zero attached hydrogens (tertiary/aromatic N) is 2. The first kappa shape index (κ1) is 37.1. The van der Waals surface area contributed by atoms with Crippen LogP contribution in [0.4, 0.5) is 17.1 Å². The summed E-state index contributed by atoms with van der Waals surface area (Å²) in [7, 11) is 0. The molecule has 13 rings (SSSR count). The molecule has 0 aliphatic carbocycles. The summed E-state index contributed by atoms with van der Waals surface area (Å²) in [6.45, 7) is 0. The summed E-state index contributed by atoms with van der Waals surface area (Å²) >= 11 is 0. The van der Waals surface area contributed by atoms with Crippen LogP contribution >= 0.6 is 0 Å². The molecule has 0 amide bonds. The second kappa shape index (κ2) is 15.1. The minimum absolute atomic E-state index is 0.841. The van der Waals surface area contributed by atoms with Crippen LogP contribution in [0, 0.1) is 0 Å². The summed E-state index contributed by atoms with van der Waals surface area (Å²) < 4.78 is 2.43. The maximum atomic E-state index is 2.49. The Balaban J connectivity index is 0.919. The first-order chi connectivity index (χ1) is 32.2. The van der Waals surface area contributed by atoms with Gasteiger partial charge in [-0.1, -0.05) is 176 Å². The summed E-state index contributed by atoms with van der Waals surface area (Å²) in [5.74, 6) is 0. The second-order valence-corrected chi connectivity index (χ2v) is 17.3. The van der Waals surface area contributed by atoms with E-state index in [9.17, 15) is 0 Å². The number of aromatic nitrogens is 1. The van der Waals surface area contributed by atoms with Crippen molar-refractivity contribution >= 4 is 60.4 Å². The third kappa shape index (κ3) is 6.25. The maximum Gasteiger partial charge on any atom is 0.0541 e. The predicted molar refractivity (Wildman–Crippen MR) is 275 cm³/mol. The lowest BCUT2D eigenvalue weighted by atomic mass is 9.89. The molecule has 0 N–H and O–H groups in total. The van der Waals surface area contributed by atoms with Gasteiger partial charge in [0.1, 0.15) is 0 Å². The zero-order valence-corrected chi connectivity index (χ0v) is 35.7. The van der Waals surface area contributed by atoms with Gasteiger partial charge in [0.25, 0.3) is 0 Å². The first-order valence-corrected chi connectivity index (χ1v) is 22.5. The van der Waals surface area contributed by atoms with Crippen LogP contribution in [0.25, 0.3) is 93.5 Å². The average Bonchev–Trinajstić information content (AvgIpc) is 3.71. The Morgan fingerprint density at radius 3 is 1.38 bits per heavy atom. The van der Waals surface area contributed by atoms with Crippen LogP contribution in [0.5, 0.6) is 0 Å². The molecule has 0 saturated heterocycles. The standard InChI is InChI=1S/C63H42N2/c1-3-13-42(14-4-1)48-28-35-62-57(40-48)58-41-49(43-15-5-2-6-16-43)29-36-63(58)64(62)53-31-25-44(26-32-53)47-27-33-59-51(37-47)39-52-38-50(55-23-11-19-45-17-7-9-21-54(45)55)30-34-60(52)65(59)61-24-12-20-46-18-8-10-22-56(46)61/h1-38,40-41H,39H2. The van der Waals surface area contributed by atoms with Crippen LogP contribution in [0.3, 0.4) is 0 Å². The van der Waals surface area contributed by atoms with Crippen LogP contribution in [0.1, 0.15) is 11.1 Å². The zero-order chi connectivity index (χ0) is 42.8. The highest BCUT2D eigenvalue weighted by molar-refractivity contribution is 6.12. The lowest BCUT2D eigenvalue weighted by Crippen LogP contribution is -2.19. The van der Waals surface area contributed by atoms with Gasteiger partial charge in [-0.05, 0) is 139 Å². The number of hydrogen-bond donors (Lipinski definition) is 0. The Hall–Kier alpha value is -8.46. The molecule has 0 radical (unpaired) electrons. The molecule has 0 fully saturated rings. The molecule has 1 aliphatic heterocycles. The van der Waals surface area contributed by atoms with Crippen LogP contribution in [0.15, 0.2) is 243 Å². The van der Waals surface area contributed by atoms with Crippen LogP contribution < -0.4 is 4.90 Å². The van der Waals surface area contributed by atoms with Gasteiger partial charge in [0.05, 0.1) is 16.7 Å². The summed E-state index contributed by atoms with van der Waals surface area (Å²) in [5.41, 5.74) is 19.6. The van der Waals surface area contributed by atoms with E-state index in [-0.39, 0.29) is 0 Å². The van der Waals surface area contributed by atoms with Crippen molar-refractivity contribution in [1.29, 1.82) is 0 Å². The molecule has 2 heterocycles. The predicted octanol–water partition coefficient (Wildman–Crippen LogP) is 17.1. The molecule has 1 aliphatic rings. The van der Waals surface area contributed by atoms with Crippen molar-refractivity contribution in [3.8, 4) is 50.2 Å². The fourth-order valence-electron chi connectivity index (χ4n) is 10.4. The van der Waals surface area contributed by atoms with Gasteiger partial charge >= 0.3 is 0 Å². The van der Waals surface area contributed by atoms with Gasteiger partial charge in [-0.25, -0.2) is 0 Å². The number of benzene rings is 11. The molecule has 1 aromatic heterocycles. The topological polar surface area (TPSA) is 8.17 Å². The van der Waals surface area contributed by atoms with Gasteiger partial charge in [0.2, 0.25) is 0 Å². The lowest BCUT2D eigenvalue weighted by molar-refractivity contribution is 1.09. The molecule has 304 valence electrons. The van der Waals surface area contributed by atoms with Gasteiger partial charge in [0.15, 0.2) is 0 Å². The first-order valence-electron chi connectivity index (χ1n) is 22.5. The second-order valence-electron chi connectivity index (χ2n) is 17.3. The highest BCUT2D eigenvalue weighted by atomic mass is 15.2. The Morgan fingerprint density at radius 1 is 0.277 bits per heavy atom. The van der Waals surface area contributed by atoms with Crippen molar-refractivity contribution in [1.82, 2.24) is 4.57 Å². The molecule has 65 heavy (non-hydrogen) atoms. The Morgan fingerprint density at radius 2 is 0.738 bits per heavy atom. The molecular weight excluding hydrogens is 785 g/mol. The normalized spacial score (nSPS) is 12.2. The van der Waals surface area contributed by atoms with E-state index in [1.165, 1.54) is 116 Å². The zero-order valence-electron chi connectivity index (χ0n) is 35.7. The van der Waals surface area contributed by atoms with E-state index in [0.29, 0.717) is 0 Å². The van der Waals surface area contributed by atoms with E-state index >= 15 is 0 Å². The highest BCUT2D eigenvalue weighted by Gasteiger charge is 2.27.